The number of hydrogen-bond acceptors (Lipinski definition) is 8. The van der Waals surface area contributed by atoms with Crippen molar-refractivity contribution < 1.29 is 14.3 Å². The molecule has 8 nitrogen and oxygen atoms in total. The van der Waals surface area contributed by atoms with E-state index in [1.165, 1.54) is 30.2 Å². The van der Waals surface area contributed by atoms with Crippen LogP contribution in [0.2, 0.25) is 0 Å². The third-order valence-electron chi connectivity index (χ3n) is 4.77. The topological polar surface area (TPSA) is 89.3 Å². The number of rotatable bonds is 10. The molecular formula is C23H27N5O3S2. The molecule has 10 heteroatoms. The average molecular weight is 486 g/mol. The summed E-state index contributed by atoms with van der Waals surface area (Å²) in [5, 5.41) is 12.6. The molecule has 0 saturated carbocycles. The SMILES string of the molecule is C=CCn1c(SCC(=O)Nc2sc(CC)cc2C(=O)OC)nnc1-c1cccc(N(C)C)c1. The predicted octanol–water partition coefficient (Wildman–Crippen LogP) is 4.34. The Hall–Kier alpha value is -3.11. The third-order valence-corrected chi connectivity index (χ3v) is 6.93. The average Bonchev–Trinajstić information content (AvgIpc) is 3.41. The Morgan fingerprint density at radius 3 is 2.76 bits per heavy atom. The van der Waals surface area contributed by atoms with Crippen molar-refractivity contribution in [2.75, 3.05) is 37.2 Å². The summed E-state index contributed by atoms with van der Waals surface area (Å²) < 4.78 is 6.76. The molecular weight excluding hydrogens is 458 g/mol. The minimum Gasteiger partial charge on any atom is -0.465 e. The first-order valence-corrected chi connectivity index (χ1v) is 12.1. The summed E-state index contributed by atoms with van der Waals surface area (Å²) in [6.07, 6.45) is 2.54. The summed E-state index contributed by atoms with van der Waals surface area (Å²) in [7, 11) is 5.29. The number of allylic oxidation sites excluding steroid dienone is 1. The molecule has 0 atom stereocenters. The number of nitrogens with zero attached hydrogens (tertiary/aromatic N) is 4. The van der Waals surface area contributed by atoms with E-state index in [1.54, 1.807) is 12.1 Å². The van der Waals surface area contributed by atoms with Crippen LogP contribution in [0.4, 0.5) is 10.7 Å². The van der Waals surface area contributed by atoms with Crippen molar-refractivity contribution in [3.05, 3.63) is 53.4 Å². The molecule has 1 N–H and O–H groups in total. The van der Waals surface area contributed by atoms with Crippen molar-refractivity contribution >= 4 is 45.7 Å². The van der Waals surface area contributed by atoms with Gasteiger partial charge in [-0.1, -0.05) is 36.9 Å². The first kappa shape index (κ1) is 24.5. The number of ether oxygens (including phenoxy) is 1. The normalized spacial score (nSPS) is 10.7. The molecule has 0 aliphatic heterocycles. The molecule has 0 unspecified atom stereocenters. The van der Waals surface area contributed by atoms with Crippen LogP contribution in [0.5, 0.6) is 0 Å². The van der Waals surface area contributed by atoms with Crippen LogP contribution in [0.15, 0.2) is 48.1 Å². The molecule has 0 fully saturated rings. The van der Waals surface area contributed by atoms with E-state index in [0.717, 1.165) is 22.5 Å². The highest BCUT2D eigenvalue weighted by Crippen LogP contribution is 2.30. The molecule has 174 valence electrons. The number of thioether (sulfide) groups is 1. The maximum atomic E-state index is 12.7. The lowest BCUT2D eigenvalue weighted by molar-refractivity contribution is -0.113. The number of hydrogen-bond donors (Lipinski definition) is 1. The van der Waals surface area contributed by atoms with Gasteiger partial charge >= 0.3 is 5.97 Å². The van der Waals surface area contributed by atoms with Crippen LogP contribution in [0.1, 0.15) is 22.2 Å². The zero-order chi connectivity index (χ0) is 24.0. The summed E-state index contributed by atoms with van der Waals surface area (Å²) in [5.41, 5.74) is 2.36. The molecule has 2 aromatic heterocycles. The molecule has 33 heavy (non-hydrogen) atoms. The van der Waals surface area contributed by atoms with Gasteiger partial charge in [-0.25, -0.2) is 4.79 Å². The van der Waals surface area contributed by atoms with Gasteiger partial charge in [0.05, 0.1) is 18.4 Å². The zero-order valence-corrected chi connectivity index (χ0v) is 20.8. The lowest BCUT2D eigenvalue weighted by Gasteiger charge is -2.14. The van der Waals surface area contributed by atoms with Crippen molar-refractivity contribution in [3.63, 3.8) is 0 Å². The molecule has 0 bridgehead atoms. The Bertz CT molecular complexity index is 1150. The Labute approximate surface area is 201 Å². The maximum Gasteiger partial charge on any atom is 0.340 e. The van der Waals surface area contributed by atoms with E-state index in [0.29, 0.717) is 28.1 Å². The first-order valence-electron chi connectivity index (χ1n) is 10.3. The minimum atomic E-state index is -0.468. The Morgan fingerprint density at radius 1 is 1.30 bits per heavy atom. The van der Waals surface area contributed by atoms with E-state index >= 15 is 0 Å². The van der Waals surface area contributed by atoms with Crippen molar-refractivity contribution in [2.45, 2.75) is 25.0 Å². The maximum absolute atomic E-state index is 12.7. The van der Waals surface area contributed by atoms with E-state index in [1.807, 2.05) is 54.8 Å². The predicted molar refractivity (Wildman–Crippen MR) is 134 cm³/mol. The number of anilines is 2. The van der Waals surface area contributed by atoms with Gasteiger partial charge in [0.2, 0.25) is 5.91 Å². The fraction of sp³-hybridized carbons (Fsp3) is 0.304. The second-order valence-electron chi connectivity index (χ2n) is 7.29. The minimum absolute atomic E-state index is 0.118. The number of carbonyl (C=O) groups is 2. The molecule has 0 aliphatic carbocycles. The second kappa shape index (κ2) is 11.2. The van der Waals surface area contributed by atoms with Gasteiger partial charge in [0, 0.05) is 36.8 Å². The summed E-state index contributed by atoms with van der Waals surface area (Å²) in [5.74, 6) is 0.121. The van der Waals surface area contributed by atoms with E-state index in [2.05, 4.69) is 22.1 Å². The number of benzene rings is 1. The van der Waals surface area contributed by atoms with Gasteiger partial charge in [-0.05, 0) is 24.6 Å². The molecule has 1 amide bonds. The fourth-order valence-corrected chi connectivity index (χ4v) is 4.84. The monoisotopic (exact) mass is 485 g/mol. The lowest BCUT2D eigenvalue weighted by Crippen LogP contribution is -2.16. The van der Waals surface area contributed by atoms with Crippen molar-refractivity contribution in [1.29, 1.82) is 0 Å². The number of thiophene rings is 1. The number of aromatic nitrogens is 3. The number of methoxy groups -OCH3 is 1. The van der Waals surface area contributed by atoms with Gasteiger partial charge in [0.15, 0.2) is 11.0 Å². The summed E-state index contributed by atoms with van der Waals surface area (Å²) in [6.45, 7) is 6.34. The Kier molecular flexibility index (Phi) is 8.29. The van der Waals surface area contributed by atoms with E-state index < -0.39 is 5.97 Å². The molecule has 2 heterocycles. The highest BCUT2D eigenvalue weighted by molar-refractivity contribution is 7.99. The smallest absolute Gasteiger partial charge is 0.340 e. The first-order chi connectivity index (χ1) is 15.9. The van der Waals surface area contributed by atoms with Gasteiger partial charge < -0.3 is 15.0 Å². The third kappa shape index (κ3) is 5.82. The van der Waals surface area contributed by atoms with Gasteiger partial charge in [-0.3, -0.25) is 9.36 Å². The lowest BCUT2D eigenvalue weighted by atomic mass is 10.2. The van der Waals surface area contributed by atoms with Crippen LogP contribution in [-0.2, 0) is 22.5 Å². The molecule has 1 aromatic carbocycles. The molecule has 0 saturated heterocycles. The molecule has 0 radical (unpaired) electrons. The van der Waals surface area contributed by atoms with Crippen LogP contribution in [0, 0.1) is 0 Å². The van der Waals surface area contributed by atoms with E-state index in [-0.39, 0.29) is 11.7 Å². The van der Waals surface area contributed by atoms with E-state index in [4.69, 9.17) is 4.74 Å². The standard InChI is InChI=1S/C23H27N5O3S2/c1-6-11-28-20(15-9-8-10-16(12-15)27(3)4)25-26-23(28)32-14-19(29)24-21-18(22(30)31-5)13-17(7-2)33-21/h6,8-10,12-13H,1,7,11,14H2,2-5H3,(H,24,29). The Balaban J connectivity index is 1.76. The van der Waals surface area contributed by atoms with Crippen molar-refractivity contribution in [1.82, 2.24) is 14.8 Å². The number of aryl methyl sites for hydroxylation is 1. The zero-order valence-electron chi connectivity index (χ0n) is 19.1. The summed E-state index contributed by atoms with van der Waals surface area (Å²) >= 11 is 2.66. The Morgan fingerprint density at radius 2 is 2.09 bits per heavy atom. The van der Waals surface area contributed by atoms with Crippen LogP contribution >= 0.6 is 23.1 Å². The number of esters is 1. The summed E-state index contributed by atoms with van der Waals surface area (Å²) in [4.78, 5) is 27.7. The van der Waals surface area contributed by atoms with Crippen molar-refractivity contribution in [2.24, 2.45) is 0 Å². The molecule has 0 aliphatic rings. The molecule has 0 spiro atoms. The van der Waals surface area contributed by atoms with Gasteiger partial charge in [0.25, 0.3) is 0 Å². The van der Waals surface area contributed by atoms with Crippen LogP contribution in [0.3, 0.4) is 0 Å². The molecule has 3 rings (SSSR count). The fourth-order valence-electron chi connectivity index (χ4n) is 3.09. The molecule has 3 aromatic rings. The van der Waals surface area contributed by atoms with Crippen LogP contribution in [-0.4, -0.2) is 53.6 Å². The highest BCUT2D eigenvalue weighted by Gasteiger charge is 2.20. The second-order valence-corrected chi connectivity index (χ2v) is 9.37. The largest absolute Gasteiger partial charge is 0.465 e. The van der Waals surface area contributed by atoms with Gasteiger partial charge in [-0.15, -0.1) is 28.1 Å². The quantitative estimate of drug-likeness (QED) is 0.260. The van der Waals surface area contributed by atoms with Crippen molar-refractivity contribution in [3.8, 4) is 11.4 Å². The number of amides is 1. The number of nitrogens with one attached hydrogen (secondary N) is 1. The van der Waals surface area contributed by atoms with Crippen LogP contribution in [0.25, 0.3) is 11.4 Å². The van der Waals surface area contributed by atoms with E-state index in [9.17, 15) is 9.59 Å². The number of carbonyl (C=O) groups excluding carboxylic acids is 2. The van der Waals surface area contributed by atoms with Gasteiger partial charge in [-0.2, -0.15) is 0 Å². The highest BCUT2D eigenvalue weighted by atomic mass is 32.2. The van der Waals surface area contributed by atoms with Crippen LogP contribution < -0.4 is 10.2 Å². The summed E-state index contributed by atoms with van der Waals surface area (Å²) in [6, 6.07) is 9.78. The van der Waals surface area contributed by atoms with Gasteiger partial charge in [0.1, 0.15) is 5.00 Å².